The molecule has 1 unspecified atom stereocenters. The minimum atomic E-state index is 0.437. The van der Waals surface area contributed by atoms with E-state index in [1.54, 1.807) is 6.07 Å². The van der Waals surface area contributed by atoms with Crippen molar-refractivity contribution in [2.45, 2.75) is 39.5 Å². The molecule has 1 heteroatoms. The molecule has 1 nitrogen and oxygen atoms in total. The summed E-state index contributed by atoms with van der Waals surface area (Å²) in [5.74, 6) is 0.899. The molecule has 0 aliphatic carbocycles. The quantitative estimate of drug-likeness (QED) is 0.749. The highest BCUT2D eigenvalue weighted by Crippen LogP contribution is 2.29. The van der Waals surface area contributed by atoms with Gasteiger partial charge in [0.1, 0.15) is 5.75 Å². The molecule has 0 amide bonds. The van der Waals surface area contributed by atoms with Crippen LogP contribution in [0.25, 0.3) is 0 Å². The van der Waals surface area contributed by atoms with Gasteiger partial charge in [-0.3, -0.25) is 0 Å². The van der Waals surface area contributed by atoms with Gasteiger partial charge < -0.3 is 5.11 Å². The van der Waals surface area contributed by atoms with Crippen LogP contribution in [0.1, 0.15) is 43.7 Å². The number of hydrogen-bond acceptors (Lipinski definition) is 1. The molecule has 0 spiro atoms. The molecule has 1 atom stereocenters. The topological polar surface area (TPSA) is 20.2 Å². The van der Waals surface area contributed by atoms with Crippen LogP contribution in [0.4, 0.5) is 0 Å². The summed E-state index contributed by atoms with van der Waals surface area (Å²) in [6.45, 7) is 6.39. The zero-order valence-electron chi connectivity index (χ0n) is 8.67. The third-order valence-electron chi connectivity index (χ3n) is 2.44. The van der Waals surface area contributed by atoms with Gasteiger partial charge in [0.15, 0.2) is 0 Å². The van der Waals surface area contributed by atoms with Crippen LogP contribution in [0.2, 0.25) is 0 Å². The molecule has 1 rings (SSSR count). The average molecular weight is 178 g/mol. The molecule has 0 aliphatic rings. The van der Waals surface area contributed by atoms with Gasteiger partial charge in [-0.2, -0.15) is 0 Å². The summed E-state index contributed by atoms with van der Waals surface area (Å²) in [5, 5.41) is 9.63. The van der Waals surface area contributed by atoms with E-state index in [-0.39, 0.29) is 0 Å². The van der Waals surface area contributed by atoms with Crippen molar-refractivity contribution >= 4 is 0 Å². The lowest BCUT2D eigenvalue weighted by Gasteiger charge is -2.12. The Morgan fingerprint density at radius 3 is 2.69 bits per heavy atom. The number of phenolic OH excluding ortho intramolecular Hbond substituents is 1. The van der Waals surface area contributed by atoms with Gasteiger partial charge in [-0.05, 0) is 30.9 Å². The van der Waals surface area contributed by atoms with Gasteiger partial charge in [0.2, 0.25) is 0 Å². The molecule has 0 aromatic heterocycles. The van der Waals surface area contributed by atoms with Crippen molar-refractivity contribution in [1.82, 2.24) is 0 Å². The monoisotopic (exact) mass is 178 g/mol. The maximum atomic E-state index is 9.63. The second kappa shape index (κ2) is 4.31. The lowest BCUT2D eigenvalue weighted by molar-refractivity contribution is 0.460. The van der Waals surface area contributed by atoms with Crippen LogP contribution >= 0.6 is 0 Å². The van der Waals surface area contributed by atoms with Gasteiger partial charge in [-0.15, -0.1) is 0 Å². The summed E-state index contributed by atoms with van der Waals surface area (Å²) in [6, 6.07) is 5.81. The van der Waals surface area contributed by atoms with Gasteiger partial charge in [0.05, 0.1) is 0 Å². The molecule has 13 heavy (non-hydrogen) atoms. The predicted octanol–water partition coefficient (Wildman–Crippen LogP) is 3.60. The van der Waals surface area contributed by atoms with E-state index in [2.05, 4.69) is 26.8 Å². The molecular formula is C12H18O. The van der Waals surface area contributed by atoms with Gasteiger partial charge in [0, 0.05) is 0 Å². The van der Waals surface area contributed by atoms with Crippen molar-refractivity contribution in [2.24, 2.45) is 0 Å². The van der Waals surface area contributed by atoms with Gasteiger partial charge in [0.25, 0.3) is 0 Å². The fourth-order valence-electron chi connectivity index (χ4n) is 1.66. The normalized spacial score (nSPS) is 12.8. The van der Waals surface area contributed by atoms with Crippen molar-refractivity contribution in [2.75, 3.05) is 0 Å². The van der Waals surface area contributed by atoms with E-state index >= 15 is 0 Å². The molecule has 0 radical (unpaired) electrons. The van der Waals surface area contributed by atoms with E-state index in [0.29, 0.717) is 11.7 Å². The third kappa shape index (κ3) is 2.48. The maximum Gasteiger partial charge on any atom is 0.119 e. The van der Waals surface area contributed by atoms with Crippen LogP contribution in [-0.4, -0.2) is 5.11 Å². The molecule has 0 saturated heterocycles. The lowest BCUT2D eigenvalue weighted by Crippen LogP contribution is -1.94. The Hall–Kier alpha value is -0.980. The molecule has 1 aromatic carbocycles. The number of benzene rings is 1. The van der Waals surface area contributed by atoms with Crippen LogP contribution in [0.5, 0.6) is 5.75 Å². The SMILES string of the molecule is CCCC(C)c1cc(C)ccc1O. The fraction of sp³-hybridized carbons (Fsp3) is 0.500. The van der Waals surface area contributed by atoms with Crippen molar-refractivity contribution < 1.29 is 5.11 Å². The van der Waals surface area contributed by atoms with E-state index < -0.39 is 0 Å². The Balaban J connectivity index is 2.91. The van der Waals surface area contributed by atoms with Crippen LogP contribution in [0.15, 0.2) is 18.2 Å². The van der Waals surface area contributed by atoms with E-state index in [1.165, 1.54) is 5.56 Å². The summed E-state index contributed by atoms with van der Waals surface area (Å²) < 4.78 is 0. The van der Waals surface area contributed by atoms with Gasteiger partial charge >= 0.3 is 0 Å². The van der Waals surface area contributed by atoms with Crippen molar-refractivity contribution in [1.29, 1.82) is 0 Å². The minimum absolute atomic E-state index is 0.437. The Labute approximate surface area is 80.4 Å². The van der Waals surface area contributed by atoms with E-state index in [1.807, 2.05) is 6.07 Å². The second-order valence-electron chi connectivity index (χ2n) is 3.75. The number of phenols is 1. The summed E-state index contributed by atoms with van der Waals surface area (Å²) >= 11 is 0. The number of rotatable bonds is 3. The van der Waals surface area contributed by atoms with Crippen molar-refractivity contribution in [3.05, 3.63) is 29.3 Å². The number of aryl methyl sites for hydroxylation is 1. The highest BCUT2D eigenvalue weighted by atomic mass is 16.3. The zero-order valence-corrected chi connectivity index (χ0v) is 8.67. The highest BCUT2D eigenvalue weighted by Gasteiger charge is 2.08. The molecular weight excluding hydrogens is 160 g/mol. The molecule has 0 fully saturated rings. The Bertz CT molecular complexity index is 278. The first-order valence-corrected chi connectivity index (χ1v) is 4.94. The first-order valence-electron chi connectivity index (χ1n) is 4.94. The summed E-state index contributed by atoms with van der Waals surface area (Å²) in [6.07, 6.45) is 2.30. The Morgan fingerprint density at radius 2 is 2.08 bits per heavy atom. The van der Waals surface area contributed by atoms with Gasteiger partial charge in [-0.25, -0.2) is 0 Å². The predicted molar refractivity (Wildman–Crippen MR) is 56.2 cm³/mol. The molecule has 0 bridgehead atoms. The molecule has 1 N–H and O–H groups in total. The van der Waals surface area contributed by atoms with Crippen LogP contribution < -0.4 is 0 Å². The summed E-state index contributed by atoms with van der Waals surface area (Å²) in [5.41, 5.74) is 2.30. The third-order valence-corrected chi connectivity index (χ3v) is 2.44. The minimum Gasteiger partial charge on any atom is -0.508 e. The Morgan fingerprint density at radius 1 is 1.38 bits per heavy atom. The van der Waals surface area contributed by atoms with Gasteiger partial charge in [-0.1, -0.05) is 38.0 Å². The second-order valence-corrected chi connectivity index (χ2v) is 3.75. The maximum absolute atomic E-state index is 9.63. The van der Waals surface area contributed by atoms with Crippen molar-refractivity contribution in [3.8, 4) is 5.75 Å². The van der Waals surface area contributed by atoms with Crippen LogP contribution in [0, 0.1) is 6.92 Å². The fourth-order valence-corrected chi connectivity index (χ4v) is 1.66. The highest BCUT2D eigenvalue weighted by molar-refractivity contribution is 5.37. The zero-order chi connectivity index (χ0) is 9.84. The van der Waals surface area contributed by atoms with Crippen LogP contribution in [0.3, 0.4) is 0 Å². The number of hydrogen-bond donors (Lipinski definition) is 1. The van der Waals surface area contributed by atoms with Crippen LogP contribution in [-0.2, 0) is 0 Å². The molecule has 1 aromatic rings. The molecule has 0 aliphatic heterocycles. The standard InChI is InChI=1S/C12H18O/c1-4-5-10(3)11-8-9(2)6-7-12(11)13/h6-8,10,13H,4-5H2,1-3H3. The first kappa shape index (κ1) is 10.1. The molecule has 0 saturated carbocycles. The lowest BCUT2D eigenvalue weighted by atomic mass is 9.94. The van der Waals surface area contributed by atoms with E-state index in [0.717, 1.165) is 18.4 Å². The van der Waals surface area contributed by atoms with E-state index in [4.69, 9.17) is 0 Å². The number of aromatic hydroxyl groups is 1. The first-order chi connectivity index (χ1) is 6.15. The molecule has 72 valence electrons. The Kier molecular flexibility index (Phi) is 3.35. The summed E-state index contributed by atoms with van der Waals surface area (Å²) in [7, 11) is 0. The smallest absolute Gasteiger partial charge is 0.119 e. The summed E-state index contributed by atoms with van der Waals surface area (Å²) in [4.78, 5) is 0. The van der Waals surface area contributed by atoms with E-state index in [9.17, 15) is 5.11 Å². The largest absolute Gasteiger partial charge is 0.508 e. The van der Waals surface area contributed by atoms with Crippen molar-refractivity contribution in [3.63, 3.8) is 0 Å². The average Bonchev–Trinajstić information content (AvgIpc) is 2.09. The molecule has 0 heterocycles.